The van der Waals surface area contributed by atoms with Gasteiger partial charge in [-0.1, -0.05) is 0 Å². The smallest absolute Gasteiger partial charge is 0.329 e. The maximum Gasteiger partial charge on any atom is 0.329 e. The highest BCUT2D eigenvalue weighted by molar-refractivity contribution is 5.87. The van der Waals surface area contributed by atoms with Crippen LogP contribution in [0.1, 0.15) is 31.4 Å². The van der Waals surface area contributed by atoms with Crippen LogP contribution in [0.2, 0.25) is 0 Å². The van der Waals surface area contributed by atoms with Crippen molar-refractivity contribution < 1.29 is 13.2 Å². The summed E-state index contributed by atoms with van der Waals surface area (Å²) in [5, 5.41) is 0.0509. The molecular weight excluding hydrogens is 361 g/mol. The molecule has 1 aliphatic heterocycles. The van der Waals surface area contributed by atoms with Crippen LogP contribution in [0, 0.1) is 18.7 Å². The second kappa shape index (κ2) is 5.85. The number of benzene rings is 1. The van der Waals surface area contributed by atoms with E-state index in [1.165, 1.54) is 16.4 Å². The van der Waals surface area contributed by atoms with Crippen molar-refractivity contribution in [3.8, 4) is 0 Å². The molecule has 2 fully saturated rings. The van der Waals surface area contributed by atoms with Crippen LogP contribution in [-0.4, -0.2) is 34.6 Å². The summed E-state index contributed by atoms with van der Waals surface area (Å²) < 4.78 is 45.1. The zero-order valence-electron chi connectivity index (χ0n) is 15.1. The Morgan fingerprint density at radius 3 is 2.56 bits per heavy atom. The van der Waals surface area contributed by atoms with Crippen LogP contribution in [0.3, 0.4) is 0 Å². The number of rotatable bonds is 3. The SMILES string of the molecule is Cc1c(N2CC(C(C)N)C(F)(F)C2)c(F)cc2c(=O)[nH]c(=O)n(C3CC3)c12. The molecule has 1 aromatic carbocycles. The number of fused-ring (bicyclic) bond motifs is 1. The zero-order valence-corrected chi connectivity index (χ0v) is 15.1. The molecule has 0 spiro atoms. The van der Waals surface area contributed by atoms with Crippen LogP contribution in [0.25, 0.3) is 10.9 Å². The largest absolute Gasteiger partial charge is 0.362 e. The standard InChI is InChI=1S/C18H21F3N4O2/c1-8-14-11(16(26)23-17(27)25(14)10-3-4-10)5-13(19)15(8)24-6-12(9(2)22)18(20,21)7-24/h5,9-10,12H,3-4,6-7,22H2,1-2H3,(H,23,26,27). The van der Waals surface area contributed by atoms with E-state index >= 15 is 0 Å². The van der Waals surface area contributed by atoms with Gasteiger partial charge >= 0.3 is 5.69 Å². The Labute approximate surface area is 152 Å². The Morgan fingerprint density at radius 2 is 2.00 bits per heavy atom. The van der Waals surface area contributed by atoms with Crippen LogP contribution < -0.4 is 21.9 Å². The average Bonchev–Trinajstić information content (AvgIpc) is 3.32. The zero-order chi connectivity index (χ0) is 19.7. The van der Waals surface area contributed by atoms with Crippen molar-refractivity contribution in [3.63, 3.8) is 0 Å². The summed E-state index contributed by atoms with van der Waals surface area (Å²) in [6.45, 7) is 2.33. The summed E-state index contributed by atoms with van der Waals surface area (Å²) in [6, 6.07) is 0.221. The summed E-state index contributed by atoms with van der Waals surface area (Å²) in [6.07, 6.45) is 1.56. The van der Waals surface area contributed by atoms with E-state index in [4.69, 9.17) is 5.73 Å². The van der Waals surface area contributed by atoms with Gasteiger partial charge < -0.3 is 10.6 Å². The molecule has 2 aromatic rings. The van der Waals surface area contributed by atoms with E-state index in [0.29, 0.717) is 11.1 Å². The molecule has 146 valence electrons. The van der Waals surface area contributed by atoms with Gasteiger partial charge in [0.05, 0.1) is 29.1 Å². The minimum Gasteiger partial charge on any atom is -0.362 e. The van der Waals surface area contributed by atoms with Crippen molar-refractivity contribution in [2.45, 2.75) is 44.7 Å². The van der Waals surface area contributed by atoms with E-state index in [1.807, 2.05) is 0 Å². The molecule has 0 bridgehead atoms. The van der Waals surface area contributed by atoms with Gasteiger partial charge in [-0.05, 0) is 32.8 Å². The van der Waals surface area contributed by atoms with E-state index in [2.05, 4.69) is 4.98 Å². The van der Waals surface area contributed by atoms with Crippen molar-refractivity contribution in [2.75, 3.05) is 18.0 Å². The summed E-state index contributed by atoms with van der Waals surface area (Å²) in [5.74, 6) is -4.91. The van der Waals surface area contributed by atoms with Crippen molar-refractivity contribution >= 4 is 16.6 Å². The summed E-state index contributed by atoms with van der Waals surface area (Å²) >= 11 is 0. The predicted octanol–water partition coefficient (Wildman–Crippen LogP) is 1.89. The number of hydrogen-bond donors (Lipinski definition) is 2. The quantitative estimate of drug-likeness (QED) is 0.849. The van der Waals surface area contributed by atoms with E-state index in [-0.39, 0.29) is 23.7 Å². The molecule has 2 atom stereocenters. The Kier molecular flexibility index (Phi) is 3.92. The highest BCUT2D eigenvalue weighted by Crippen LogP contribution is 2.42. The molecular formula is C18H21F3N4O2. The maximum absolute atomic E-state index is 14.9. The van der Waals surface area contributed by atoms with Gasteiger partial charge in [-0.2, -0.15) is 0 Å². The second-order valence-electron chi connectivity index (χ2n) is 7.70. The number of nitrogens with one attached hydrogen (secondary N) is 1. The lowest BCUT2D eigenvalue weighted by Crippen LogP contribution is -2.39. The van der Waals surface area contributed by atoms with Gasteiger partial charge in [0.2, 0.25) is 0 Å². The van der Waals surface area contributed by atoms with Gasteiger partial charge in [-0.3, -0.25) is 14.3 Å². The van der Waals surface area contributed by atoms with E-state index < -0.39 is 41.5 Å². The summed E-state index contributed by atoms with van der Waals surface area (Å²) in [5.41, 5.74) is 5.10. The molecule has 1 aromatic heterocycles. The molecule has 3 N–H and O–H groups in total. The predicted molar refractivity (Wildman–Crippen MR) is 96.1 cm³/mol. The monoisotopic (exact) mass is 382 g/mol. The Morgan fingerprint density at radius 1 is 1.33 bits per heavy atom. The molecule has 27 heavy (non-hydrogen) atoms. The first-order valence-electron chi connectivity index (χ1n) is 8.98. The minimum atomic E-state index is -3.05. The Hall–Kier alpha value is -2.29. The van der Waals surface area contributed by atoms with Crippen LogP contribution >= 0.6 is 0 Å². The van der Waals surface area contributed by atoms with Crippen LogP contribution in [-0.2, 0) is 0 Å². The molecule has 9 heteroatoms. The fourth-order valence-corrected chi connectivity index (χ4v) is 4.16. The number of aromatic nitrogens is 2. The number of H-pyrrole nitrogens is 1. The van der Waals surface area contributed by atoms with Gasteiger partial charge in [-0.25, -0.2) is 18.0 Å². The number of aryl methyl sites for hydroxylation is 1. The highest BCUT2D eigenvalue weighted by atomic mass is 19.3. The van der Waals surface area contributed by atoms with Crippen LogP contribution in [0.5, 0.6) is 0 Å². The number of halogens is 3. The van der Waals surface area contributed by atoms with Gasteiger partial charge in [0.1, 0.15) is 5.82 Å². The van der Waals surface area contributed by atoms with Gasteiger partial charge in [0, 0.05) is 24.2 Å². The summed E-state index contributed by atoms with van der Waals surface area (Å²) in [4.78, 5) is 28.0. The maximum atomic E-state index is 14.9. The Bertz CT molecular complexity index is 1040. The molecule has 4 rings (SSSR count). The number of hydrogen-bond acceptors (Lipinski definition) is 4. The topological polar surface area (TPSA) is 84.1 Å². The number of aromatic amines is 1. The molecule has 0 radical (unpaired) electrons. The lowest BCUT2D eigenvalue weighted by Gasteiger charge is -2.23. The fourth-order valence-electron chi connectivity index (χ4n) is 4.16. The molecule has 1 aliphatic carbocycles. The Balaban J connectivity index is 1.94. The normalized spacial score (nSPS) is 23.2. The van der Waals surface area contributed by atoms with E-state index in [0.717, 1.165) is 18.9 Å². The molecule has 2 aliphatic rings. The molecule has 0 amide bonds. The van der Waals surface area contributed by atoms with E-state index in [1.54, 1.807) is 6.92 Å². The van der Waals surface area contributed by atoms with Crippen molar-refractivity contribution in [2.24, 2.45) is 11.7 Å². The van der Waals surface area contributed by atoms with E-state index in [9.17, 15) is 22.8 Å². The van der Waals surface area contributed by atoms with Crippen molar-refractivity contribution in [1.82, 2.24) is 9.55 Å². The second-order valence-corrected chi connectivity index (χ2v) is 7.70. The first-order valence-corrected chi connectivity index (χ1v) is 8.98. The third-order valence-corrected chi connectivity index (χ3v) is 5.61. The number of anilines is 1. The lowest BCUT2D eigenvalue weighted by atomic mass is 9.98. The van der Waals surface area contributed by atoms with Crippen molar-refractivity contribution in [3.05, 3.63) is 38.3 Å². The summed E-state index contributed by atoms with van der Waals surface area (Å²) in [7, 11) is 0. The molecule has 2 heterocycles. The third kappa shape index (κ3) is 2.75. The molecule has 1 saturated heterocycles. The lowest BCUT2D eigenvalue weighted by molar-refractivity contribution is -0.0273. The highest BCUT2D eigenvalue weighted by Gasteiger charge is 2.50. The first-order chi connectivity index (χ1) is 12.6. The molecule has 2 unspecified atom stereocenters. The van der Waals surface area contributed by atoms with Gasteiger partial charge in [0.25, 0.3) is 11.5 Å². The number of alkyl halides is 2. The number of nitrogens with zero attached hydrogens (tertiary/aromatic N) is 2. The van der Waals surface area contributed by atoms with Crippen LogP contribution in [0.4, 0.5) is 18.9 Å². The first kappa shape index (κ1) is 18.1. The van der Waals surface area contributed by atoms with Gasteiger partial charge in [-0.15, -0.1) is 0 Å². The average molecular weight is 382 g/mol. The third-order valence-electron chi connectivity index (χ3n) is 5.61. The van der Waals surface area contributed by atoms with Crippen LogP contribution in [0.15, 0.2) is 15.7 Å². The fraction of sp³-hybridized carbons (Fsp3) is 0.556. The van der Waals surface area contributed by atoms with Crippen molar-refractivity contribution in [1.29, 1.82) is 0 Å². The molecule has 6 nitrogen and oxygen atoms in total. The van der Waals surface area contributed by atoms with Gasteiger partial charge in [0.15, 0.2) is 0 Å². The number of nitrogens with two attached hydrogens (primary N) is 1. The molecule has 1 saturated carbocycles. The minimum absolute atomic E-state index is 0.00438.